The summed E-state index contributed by atoms with van der Waals surface area (Å²) in [6, 6.07) is 0. The summed E-state index contributed by atoms with van der Waals surface area (Å²) in [6.45, 7) is 7.12. The summed E-state index contributed by atoms with van der Waals surface area (Å²) in [4.78, 5) is 24.6. The molecular formula is C17H22O6. The second-order valence-electron chi connectivity index (χ2n) is 7.66. The van der Waals surface area contributed by atoms with Crippen molar-refractivity contribution in [1.29, 1.82) is 0 Å². The number of carbonyl (C=O) groups is 2. The zero-order valence-electron chi connectivity index (χ0n) is 13.7. The van der Waals surface area contributed by atoms with Crippen molar-refractivity contribution in [2.75, 3.05) is 0 Å². The fourth-order valence-corrected chi connectivity index (χ4v) is 4.49. The van der Waals surface area contributed by atoms with Crippen molar-refractivity contribution in [1.82, 2.24) is 0 Å². The Hall–Kier alpha value is -1.50. The van der Waals surface area contributed by atoms with Crippen LogP contribution in [-0.2, 0) is 14.3 Å². The van der Waals surface area contributed by atoms with Gasteiger partial charge in [-0.3, -0.25) is 4.79 Å². The number of ether oxygens (including phenoxy) is 1. The zero-order valence-corrected chi connectivity index (χ0v) is 13.7. The predicted molar refractivity (Wildman–Crippen MR) is 80.7 cm³/mol. The minimum Gasteiger partial charge on any atom is -0.478 e. The maximum atomic E-state index is 13.0. The van der Waals surface area contributed by atoms with Gasteiger partial charge < -0.3 is 20.1 Å². The quantitative estimate of drug-likeness (QED) is 0.669. The lowest BCUT2D eigenvalue weighted by Gasteiger charge is -2.54. The standard InChI is InChI=1S/C17H22O6/c1-9(2)5-6-16-13(20)15(21)7-10(12(18)19)17(16,22)11(8-15)14(3,4)23-16/h5,7,11,21-22H,6,8H2,1-4H3,(H,18,19)/t11-,15-,16-,17+/m0/s1. The molecule has 6 nitrogen and oxygen atoms in total. The molecule has 23 heavy (non-hydrogen) atoms. The van der Waals surface area contributed by atoms with Crippen molar-refractivity contribution in [3.05, 3.63) is 23.3 Å². The number of aliphatic carboxylic acids is 1. The van der Waals surface area contributed by atoms with Gasteiger partial charge >= 0.3 is 5.97 Å². The van der Waals surface area contributed by atoms with Crippen molar-refractivity contribution < 1.29 is 29.6 Å². The highest BCUT2D eigenvalue weighted by Gasteiger charge is 2.81. The molecule has 3 N–H and O–H groups in total. The molecule has 126 valence electrons. The largest absolute Gasteiger partial charge is 0.478 e. The summed E-state index contributed by atoms with van der Waals surface area (Å²) in [7, 11) is 0. The van der Waals surface area contributed by atoms with Crippen LogP contribution in [0, 0.1) is 5.92 Å². The van der Waals surface area contributed by atoms with Crippen LogP contribution in [0.25, 0.3) is 0 Å². The molecule has 0 spiro atoms. The molecule has 0 aromatic heterocycles. The summed E-state index contributed by atoms with van der Waals surface area (Å²) >= 11 is 0. The van der Waals surface area contributed by atoms with Crippen LogP contribution in [0.3, 0.4) is 0 Å². The number of rotatable bonds is 3. The first kappa shape index (κ1) is 16.4. The summed E-state index contributed by atoms with van der Waals surface area (Å²) < 4.78 is 6.00. The maximum absolute atomic E-state index is 13.0. The van der Waals surface area contributed by atoms with Crippen LogP contribution in [0.15, 0.2) is 23.3 Å². The molecule has 4 bridgehead atoms. The van der Waals surface area contributed by atoms with Crippen molar-refractivity contribution in [3.8, 4) is 0 Å². The zero-order chi connectivity index (χ0) is 17.4. The summed E-state index contributed by atoms with van der Waals surface area (Å²) in [6.07, 6.45) is 2.72. The van der Waals surface area contributed by atoms with Gasteiger partial charge in [-0.1, -0.05) is 11.6 Å². The van der Waals surface area contributed by atoms with Crippen LogP contribution in [0.2, 0.25) is 0 Å². The van der Waals surface area contributed by atoms with Crippen molar-refractivity contribution in [2.45, 2.75) is 62.9 Å². The number of Topliss-reactive ketones (excluding diaryl/α,β-unsaturated/α-hetero) is 1. The van der Waals surface area contributed by atoms with E-state index in [2.05, 4.69) is 0 Å². The maximum Gasteiger partial charge on any atom is 0.334 e. The third-order valence-corrected chi connectivity index (χ3v) is 5.49. The Kier molecular flexibility index (Phi) is 3.07. The van der Waals surface area contributed by atoms with Gasteiger partial charge in [0.15, 0.2) is 5.60 Å². The monoisotopic (exact) mass is 322 g/mol. The number of ketones is 1. The lowest BCUT2D eigenvalue weighted by Crippen LogP contribution is -2.73. The fourth-order valence-electron chi connectivity index (χ4n) is 4.49. The van der Waals surface area contributed by atoms with Crippen LogP contribution in [0.4, 0.5) is 0 Å². The number of aliphatic hydroxyl groups is 2. The first-order chi connectivity index (χ1) is 10.4. The number of carboxylic acid groups (broad SMARTS) is 1. The molecule has 3 aliphatic carbocycles. The molecular weight excluding hydrogens is 300 g/mol. The number of carbonyl (C=O) groups excluding carboxylic acids is 1. The normalized spacial score (nSPS) is 43.3. The van der Waals surface area contributed by atoms with Gasteiger partial charge in [-0.05, 0) is 40.2 Å². The first-order valence-corrected chi connectivity index (χ1v) is 7.70. The second kappa shape index (κ2) is 4.32. The van der Waals surface area contributed by atoms with E-state index in [1.54, 1.807) is 19.9 Å². The number of allylic oxidation sites excluding steroid dienone is 1. The second-order valence-corrected chi connectivity index (χ2v) is 7.66. The lowest BCUT2D eigenvalue weighted by atomic mass is 9.51. The Balaban J connectivity index is 2.30. The van der Waals surface area contributed by atoms with E-state index in [-0.39, 0.29) is 18.4 Å². The summed E-state index contributed by atoms with van der Waals surface area (Å²) in [5.41, 5.74) is -5.99. The van der Waals surface area contributed by atoms with E-state index >= 15 is 0 Å². The van der Waals surface area contributed by atoms with Gasteiger partial charge in [0.25, 0.3) is 0 Å². The van der Waals surface area contributed by atoms with E-state index < -0.39 is 40.1 Å². The van der Waals surface area contributed by atoms with Crippen molar-refractivity contribution in [2.24, 2.45) is 5.92 Å². The van der Waals surface area contributed by atoms with Gasteiger partial charge in [-0.15, -0.1) is 0 Å². The van der Waals surface area contributed by atoms with Gasteiger partial charge in [-0.2, -0.15) is 0 Å². The number of carboxylic acids is 1. The van der Waals surface area contributed by atoms with E-state index in [1.807, 2.05) is 13.8 Å². The predicted octanol–water partition coefficient (Wildman–Crippen LogP) is 0.966. The molecule has 1 aliphatic heterocycles. The Labute approximate surface area is 134 Å². The van der Waals surface area contributed by atoms with E-state index in [4.69, 9.17) is 4.74 Å². The van der Waals surface area contributed by atoms with E-state index in [0.29, 0.717) is 0 Å². The van der Waals surface area contributed by atoms with E-state index in [0.717, 1.165) is 11.6 Å². The van der Waals surface area contributed by atoms with E-state index in [9.17, 15) is 24.9 Å². The molecule has 6 heteroatoms. The number of hydrogen-bond acceptors (Lipinski definition) is 5. The van der Waals surface area contributed by atoms with Gasteiger partial charge in [0, 0.05) is 12.3 Å². The molecule has 2 fully saturated rings. The van der Waals surface area contributed by atoms with Crippen molar-refractivity contribution in [3.63, 3.8) is 0 Å². The molecule has 4 rings (SSSR count). The molecule has 0 aromatic rings. The average Bonchev–Trinajstić information content (AvgIpc) is 2.56. The lowest BCUT2D eigenvalue weighted by molar-refractivity contribution is -0.193. The highest BCUT2D eigenvalue weighted by Crippen LogP contribution is 2.65. The molecule has 1 saturated heterocycles. The van der Waals surface area contributed by atoms with Gasteiger partial charge in [-0.25, -0.2) is 4.79 Å². The van der Waals surface area contributed by atoms with Crippen LogP contribution in [-0.4, -0.2) is 49.5 Å². The molecule has 4 aliphatic rings. The molecule has 0 aromatic carbocycles. The smallest absolute Gasteiger partial charge is 0.334 e. The fraction of sp³-hybridized carbons (Fsp3) is 0.647. The highest BCUT2D eigenvalue weighted by atomic mass is 16.6. The SMILES string of the molecule is CC(C)=CC[C@@]12OC(C)(C)[C@@H]3C[C@@](O)(C=C(C(=O)O)[C@@]31O)C2=O. The molecule has 0 unspecified atom stereocenters. The molecule has 1 saturated carbocycles. The van der Waals surface area contributed by atoms with Crippen molar-refractivity contribution >= 4 is 11.8 Å². The van der Waals surface area contributed by atoms with Gasteiger partial charge in [0.05, 0.1) is 11.2 Å². The first-order valence-electron chi connectivity index (χ1n) is 7.70. The van der Waals surface area contributed by atoms with Crippen LogP contribution >= 0.6 is 0 Å². The van der Waals surface area contributed by atoms with E-state index in [1.165, 1.54) is 0 Å². The average molecular weight is 322 g/mol. The Morgan fingerprint density at radius 3 is 2.52 bits per heavy atom. The molecule has 1 heterocycles. The van der Waals surface area contributed by atoms with Gasteiger partial charge in [0.2, 0.25) is 5.78 Å². The Morgan fingerprint density at radius 1 is 1.39 bits per heavy atom. The minimum absolute atomic E-state index is 0.0253. The minimum atomic E-state index is -1.95. The van der Waals surface area contributed by atoms with Crippen LogP contribution in [0.1, 0.15) is 40.5 Å². The highest BCUT2D eigenvalue weighted by molar-refractivity contribution is 6.07. The Bertz CT molecular complexity index is 671. The third-order valence-electron chi connectivity index (χ3n) is 5.49. The molecule has 4 atom stereocenters. The molecule has 0 radical (unpaired) electrons. The topological polar surface area (TPSA) is 104 Å². The number of hydrogen-bond donors (Lipinski definition) is 3. The van der Waals surface area contributed by atoms with Gasteiger partial charge in [0.1, 0.15) is 11.2 Å². The third kappa shape index (κ3) is 1.74. The summed E-state index contributed by atoms with van der Waals surface area (Å²) in [5.74, 6) is -2.68. The van der Waals surface area contributed by atoms with Crippen LogP contribution in [0.5, 0.6) is 0 Å². The molecule has 0 amide bonds. The summed E-state index contributed by atoms with van der Waals surface area (Å²) in [5, 5.41) is 31.7. The Morgan fingerprint density at radius 2 is 2.00 bits per heavy atom. The van der Waals surface area contributed by atoms with Crippen LogP contribution < -0.4 is 0 Å².